The van der Waals surface area contributed by atoms with Gasteiger partial charge < -0.3 is 9.72 Å². The van der Waals surface area contributed by atoms with E-state index in [-0.39, 0.29) is 12.0 Å². The number of hydrogen-bond acceptors (Lipinski definition) is 3. The van der Waals surface area contributed by atoms with Gasteiger partial charge in [0, 0.05) is 33.2 Å². The van der Waals surface area contributed by atoms with Crippen molar-refractivity contribution in [3.8, 4) is 0 Å². The zero-order valence-electron chi connectivity index (χ0n) is 14.3. The van der Waals surface area contributed by atoms with Crippen molar-refractivity contribution in [2.45, 2.75) is 25.9 Å². The molecule has 0 aliphatic heterocycles. The average Bonchev–Trinajstić information content (AvgIpc) is 3.03. The highest BCUT2D eigenvalue weighted by Gasteiger charge is 2.26. The van der Waals surface area contributed by atoms with Crippen LogP contribution in [0.25, 0.3) is 10.9 Å². The van der Waals surface area contributed by atoms with E-state index in [0.717, 1.165) is 26.5 Å². The molecular formula is C20H21BrN2O2. The van der Waals surface area contributed by atoms with Crippen LogP contribution >= 0.6 is 15.9 Å². The largest absolute Gasteiger partial charge is 0.465 e. The Morgan fingerprint density at radius 1 is 1.24 bits per heavy atom. The minimum Gasteiger partial charge on any atom is -0.465 e. The number of ether oxygens (including phenoxy) is 1. The van der Waals surface area contributed by atoms with Gasteiger partial charge in [0.2, 0.25) is 0 Å². The normalized spacial score (nSPS) is 13.6. The summed E-state index contributed by atoms with van der Waals surface area (Å²) >= 11 is 3.51. The number of nitrogens with one attached hydrogen (secondary N) is 2. The summed E-state index contributed by atoms with van der Waals surface area (Å²) in [6.45, 7) is 4.22. The number of halogens is 1. The van der Waals surface area contributed by atoms with Gasteiger partial charge in [0.1, 0.15) is 6.04 Å². The van der Waals surface area contributed by atoms with Crippen molar-refractivity contribution >= 4 is 32.8 Å². The minimum absolute atomic E-state index is 0.00714. The molecule has 5 heteroatoms. The lowest BCUT2D eigenvalue weighted by Gasteiger charge is -2.22. The molecule has 0 aliphatic rings. The first kappa shape index (κ1) is 17.7. The third kappa shape index (κ3) is 3.94. The van der Waals surface area contributed by atoms with Gasteiger partial charge in [-0.3, -0.25) is 5.32 Å². The highest BCUT2D eigenvalue weighted by Crippen LogP contribution is 2.29. The van der Waals surface area contributed by atoms with E-state index in [1.54, 1.807) is 0 Å². The van der Waals surface area contributed by atoms with Crippen LogP contribution in [0.1, 0.15) is 37.1 Å². The van der Waals surface area contributed by atoms with E-state index >= 15 is 0 Å². The van der Waals surface area contributed by atoms with Gasteiger partial charge in [0.25, 0.3) is 0 Å². The Kier molecular flexibility index (Phi) is 5.56. The van der Waals surface area contributed by atoms with E-state index in [9.17, 15) is 4.79 Å². The maximum Gasteiger partial charge on any atom is 0.327 e. The molecule has 0 amide bonds. The van der Waals surface area contributed by atoms with Gasteiger partial charge in [-0.1, -0.05) is 46.3 Å². The molecule has 130 valence electrons. The molecule has 4 nitrogen and oxygen atoms in total. The van der Waals surface area contributed by atoms with Crippen LogP contribution in [0.2, 0.25) is 0 Å². The van der Waals surface area contributed by atoms with Crippen LogP contribution in [0.15, 0.2) is 59.2 Å². The lowest BCUT2D eigenvalue weighted by molar-refractivity contribution is -0.146. The molecule has 0 fully saturated rings. The zero-order valence-corrected chi connectivity index (χ0v) is 15.8. The van der Waals surface area contributed by atoms with Gasteiger partial charge >= 0.3 is 5.97 Å². The average molecular weight is 401 g/mol. The lowest BCUT2D eigenvalue weighted by atomic mass is 10.0. The molecule has 1 aromatic heterocycles. The summed E-state index contributed by atoms with van der Waals surface area (Å²) in [7, 11) is 0. The highest BCUT2D eigenvalue weighted by atomic mass is 79.9. The Hall–Kier alpha value is -2.11. The quantitative estimate of drug-likeness (QED) is 0.579. The number of benzene rings is 2. The fourth-order valence-electron chi connectivity index (χ4n) is 2.95. The monoisotopic (exact) mass is 400 g/mol. The van der Waals surface area contributed by atoms with Crippen LogP contribution in [-0.4, -0.2) is 17.6 Å². The topological polar surface area (TPSA) is 54.1 Å². The van der Waals surface area contributed by atoms with Crippen LogP contribution in [0.5, 0.6) is 0 Å². The van der Waals surface area contributed by atoms with Crippen molar-refractivity contribution in [2.24, 2.45) is 0 Å². The van der Waals surface area contributed by atoms with Gasteiger partial charge in [-0.05, 0) is 37.6 Å². The molecule has 0 aliphatic carbocycles. The number of fused-ring (bicyclic) bond motifs is 1. The number of esters is 1. The zero-order chi connectivity index (χ0) is 17.8. The van der Waals surface area contributed by atoms with Crippen molar-refractivity contribution in [2.75, 3.05) is 6.61 Å². The van der Waals surface area contributed by atoms with Crippen LogP contribution in [0.4, 0.5) is 0 Å². The molecular weight excluding hydrogens is 380 g/mol. The first-order valence-corrected chi connectivity index (χ1v) is 9.13. The van der Waals surface area contributed by atoms with Crippen molar-refractivity contribution < 1.29 is 9.53 Å². The predicted molar refractivity (Wildman–Crippen MR) is 103 cm³/mol. The number of carbonyl (C=O) groups excluding carboxylic acids is 1. The molecule has 0 saturated carbocycles. The summed E-state index contributed by atoms with van der Waals surface area (Å²) in [4.78, 5) is 15.9. The molecule has 0 radical (unpaired) electrons. The number of carbonyl (C=O) groups is 1. The summed E-state index contributed by atoms with van der Waals surface area (Å²) in [5.41, 5.74) is 3.00. The van der Waals surface area contributed by atoms with Gasteiger partial charge in [-0.2, -0.15) is 0 Å². The summed E-state index contributed by atoms with van der Waals surface area (Å²) in [6.07, 6.45) is 1.88. The first-order chi connectivity index (χ1) is 12.1. The molecule has 2 atom stereocenters. The number of aromatic amines is 1. The Morgan fingerprint density at radius 2 is 2.00 bits per heavy atom. The molecule has 3 rings (SSSR count). The number of aromatic nitrogens is 1. The SMILES string of the molecule is CCOC(=O)C(N[C@H](C)c1ccccc1)c1c[nH]c2ccc(Br)cc12. The first-order valence-electron chi connectivity index (χ1n) is 8.34. The van der Waals surface area contributed by atoms with Gasteiger partial charge in [0.15, 0.2) is 0 Å². The molecule has 0 bridgehead atoms. The van der Waals surface area contributed by atoms with E-state index in [2.05, 4.69) is 26.2 Å². The molecule has 0 spiro atoms. The second-order valence-electron chi connectivity index (χ2n) is 5.92. The molecule has 1 heterocycles. The molecule has 1 unspecified atom stereocenters. The predicted octanol–water partition coefficient (Wildman–Crippen LogP) is 4.89. The molecule has 2 N–H and O–H groups in total. The van der Waals surface area contributed by atoms with Crippen LogP contribution in [-0.2, 0) is 9.53 Å². The fourth-order valence-corrected chi connectivity index (χ4v) is 3.31. The Morgan fingerprint density at radius 3 is 2.72 bits per heavy atom. The summed E-state index contributed by atoms with van der Waals surface area (Å²) in [6, 6.07) is 15.5. The maximum atomic E-state index is 12.6. The molecule has 2 aromatic carbocycles. The van der Waals surface area contributed by atoms with Crippen LogP contribution < -0.4 is 5.32 Å². The third-order valence-electron chi connectivity index (χ3n) is 4.23. The number of H-pyrrole nitrogens is 1. The second-order valence-corrected chi connectivity index (χ2v) is 6.83. The molecule has 3 aromatic rings. The Labute approximate surface area is 155 Å². The fraction of sp³-hybridized carbons (Fsp3) is 0.250. The van der Waals surface area contributed by atoms with E-state index in [1.165, 1.54) is 0 Å². The summed E-state index contributed by atoms with van der Waals surface area (Å²) in [5, 5.41) is 4.42. The third-order valence-corrected chi connectivity index (χ3v) is 4.72. The smallest absolute Gasteiger partial charge is 0.327 e. The number of rotatable bonds is 6. The Balaban J connectivity index is 1.96. The van der Waals surface area contributed by atoms with E-state index < -0.39 is 6.04 Å². The van der Waals surface area contributed by atoms with Gasteiger partial charge in [-0.15, -0.1) is 0 Å². The summed E-state index contributed by atoms with van der Waals surface area (Å²) < 4.78 is 6.29. The van der Waals surface area contributed by atoms with E-state index in [1.807, 2.05) is 68.6 Å². The molecule has 0 saturated heterocycles. The van der Waals surface area contributed by atoms with Crippen LogP contribution in [0.3, 0.4) is 0 Å². The van der Waals surface area contributed by atoms with E-state index in [4.69, 9.17) is 4.74 Å². The lowest BCUT2D eigenvalue weighted by Crippen LogP contribution is -2.32. The van der Waals surface area contributed by atoms with Gasteiger partial charge in [0.05, 0.1) is 6.61 Å². The standard InChI is InChI=1S/C20H21BrN2O2/c1-3-25-20(24)19(23-13(2)14-7-5-4-6-8-14)17-12-22-18-10-9-15(21)11-16(17)18/h4-13,19,22-23H,3H2,1-2H3/t13-,19?/m1/s1. The summed E-state index contributed by atoms with van der Waals surface area (Å²) in [5.74, 6) is -0.272. The second kappa shape index (κ2) is 7.85. The molecule has 25 heavy (non-hydrogen) atoms. The van der Waals surface area contributed by atoms with Crippen molar-refractivity contribution in [3.05, 3.63) is 70.3 Å². The van der Waals surface area contributed by atoms with Crippen molar-refractivity contribution in [1.29, 1.82) is 0 Å². The van der Waals surface area contributed by atoms with Crippen LogP contribution in [0, 0.1) is 0 Å². The minimum atomic E-state index is -0.543. The van der Waals surface area contributed by atoms with Crippen molar-refractivity contribution in [1.82, 2.24) is 10.3 Å². The maximum absolute atomic E-state index is 12.6. The van der Waals surface area contributed by atoms with E-state index in [0.29, 0.717) is 6.61 Å². The van der Waals surface area contributed by atoms with Crippen molar-refractivity contribution in [3.63, 3.8) is 0 Å². The Bertz CT molecular complexity index is 861. The highest BCUT2D eigenvalue weighted by molar-refractivity contribution is 9.10. The number of hydrogen-bond donors (Lipinski definition) is 2. The van der Waals surface area contributed by atoms with Gasteiger partial charge in [-0.25, -0.2) is 4.79 Å².